The summed E-state index contributed by atoms with van der Waals surface area (Å²) in [4.78, 5) is 18.8. The molecule has 5 rings (SSSR count). The number of morpholine rings is 1. The van der Waals surface area contributed by atoms with Crippen molar-refractivity contribution in [3.05, 3.63) is 72.2 Å². The quantitative estimate of drug-likeness (QED) is 0.454. The zero-order valence-electron chi connectivity index (χ0n) is 19.0. The largest absolute Gasteiger partial charge is 0.444 e. The molecule has 0 spiro atoms. The lowest BCUT2D eigenvalue weighted by Gasteiger charge is -2.27. The molecule has 3 heterocycles. The summed E-state index contributed by atoms with van der Waals surface area (Å²) in [6.45, 7) is 5.21. The van der Waals surface area contributed by atoms with Crippen molar-refractivity contribution in [1.29, 1.82) is 0 Å². The van der Waals surface area contributed by atoms with E-state index in [1.54, 1.807) is 10.9 Å². The number of aromatic nitrogens is 4. The van der Waals surface area contributed by atoms with Crippen LogP contribution < -0.4 is 5.32 Å². The first kappa shape index (κ1) is 21.8. The lowest BCUT2D eigenvalue weighted by atomic mass is 10.1. The second-order valence-corrected chi connectivity index (χ2v) is 8.24. The number of nitrogens with zero attached hydrogens (tertiary/aromatic N) is 5. The monoisotopic (exact) mass is 458 g/mol. The molecule has 1 aliphatic heterocycles. The third-order valence-corrected chi connectivity index (χ3v) is 5.68. The second kappa shape index (κ2) is 9.88. The fraction of sp³-hybridized carbons (Fsp3) is 0.280. The Hall–Kier alpha value is -3.98. The summed E-state index contributed by atoms with van der Waals surface area (Å²) >= 11 is 0. The van der Waals surface area contributed by atoms with Gasteiger partial charge in [0.15, 0.2) is 0 Å². The maximum Gasteiger partial charge on any atom is 0.242 e. The minimum Gasteiger partial charge on any atom is -0.444 e. The van der Waals surface area contributed by atoms with E-state index in [-0.39, 0.29) is 12.5 Å². The number of hydrogen-bond donors (Lipinski definition) is 1. The molecular weight excluding hydrogens is 432 g/mol. The van der Waals surface area contributed by atoms with Crippen molar-refractivity contribution < 1.29 is 13.9 Å². The highest BCUT2D eigenvalue weighted by Crippen LogP contribution is 2.22. The molecule has 9 heteroatoms. The van der Waals surface area contributed by atoms with E-state index in [1.807, 2.05) is 66.6 Å². The summed E-state index contributed by atoms with van der Waals surface area (Å²) in [5.74, 6) is 0.651. The Balaban J connectivity index is 1.21. The predicted molar refractivity (Wildman–Crippen MR) is 127 cm³/mol. The van der Waals surface area contributed by atoms with Gasteiger partial charge in [-0.15, -0.1) is 5.10 Å². The van der Waals surface area contributed by atoms with Gasteiger partial charge in [0.2, 0.25) is 11.8 Å². The molecule has 4 aromatic rings. The van der Waals surface area contributed by atoms with Gasteiger partial charge in [-0.2, -0.15) is 0 Å². The van der Waals surface area contributed by atoms with Gasteiger partial charge in [0.25, 0.3) is 0 Å². The Morgan fingerprint density at radius 2 is 1.91 bits per heavy atom. The van der Waals surface area contributed by atoms with Crippen LogP contribution in [0.3, 0.4) is 0 Å². The Bertz CT molecular complexity index is 1260. The van der Waals surface area contributed by atoms with E-state index in [1.165, 1.54) is 5.56 Å². The number of ether oxygens (including phenoxy) is 1. The maximum absolute atomic E-state index is 12.4. The number of benzene rings is 2. The van der Waals surface area contributed by atoms with Crippen molar-refractivity contribution in [2.75, 3.05) is 38.2 Å². The first-order valence-corrected chi connectivity index (χ1v) is 11.3. The number of anilines is 1. The van der Waals surface area contributed by atoms with Gasteiger partial charge in [0, 0.05) is 29.9 Å². The van der Waals surface area contributed by atoms with Crippen molar-refractivity contribution in [3.8, 4) is 22.7 Å². The maximum atomic E-state index is 12.4. The molecule has 1 saturated heterocycles. The van der Waals surface area contributed by atoms with Crippen LogP contribution in [0.4, 0.5) is 5.69 Å². The van der Waals surface area contributed by atoms with Crippen LogP contribution in [0.2, 0.25) is 0 Å². The first-order valence-electron chi connectivity index (χ1n) is 11.3. The van der Waals surface area contributed by atoms with E-state index in [0.29, 0.717) is 38.7 Å². The highest BCUT2D eigenvalue weighted by molar-refractivity contribution is 5.81. The predicted octanol–water partition coefficient (Wildman–Crippen LogP) is 3.23. The molecule has 0 saturated carbocycles. The lowest BCUT2D eigenvalue weighted by Crippen LogP contribution is -2.43. The van der Waals surface area contributed by atoms with Crippen LogP contribution >= 0.6 is 0 Å². The van der Waals surface area contributed by atoms with Gasteiger partial charge in [-0.05, 0) is 31.2 Å². The standard InChI is InChI=1S/C25H26N6O3/c1-18-5-7-19(8-6-18)25-27-22(17-34-25)15-31-16-23(28-29-31)20-3-2-4-21(13-20)26-14-24(32)30-9-11-33-12-10-30/h2-8,13,16-17,26H,9-12,14-15H2,1H3. The van der Waals surface area contributed by atoms with Gasteiger partial charge in [-0.3, -0.25) is 4.79 Å². The van der Waals surface area contributed by atoms with Crippen molar-refractivity contribution in [2.24, 2.45) is 0 Å². The molecule has 1 aliphatic rings. The number of hydrogen-bond acceptors (Lipinski definition) is 7. The second-order valence-electron chi connectivity index (χ2n) is 8.24. The lowest BCUT2D eigenvalue weighted by molar-refractivity contribution is -0.133. The van der Waals surface area contributed by atoms with E-state index >= 15 is 0 Å². The average Bonchev–Trinajstić information content (AvgIpc) is 3.54. The minimum atomic E-state index is 0.0669. The summed E-state index contributed by atoms with van der Waals surface area (Å²) in [5, 5.41) is 11.8. The summed E-state index contributed by atoms with van der Waals surface area (Å²) < 4.78 is 12.7. The third-order valence-electron chi connectivity index (χ3n) is 5.68. The zero-order valence-corrected chi connectivity index (χ0v) is 19.0. The molecule has 2 aromatic heterocycles. The minimum absolute atomic E-state index is 0.0669. The number of carbonyl (C=O) groups is 1. The summed E-state index contributed by atoms with van der Waals surface area (Å²) in [6, 6.07) is 15.8. The molecule has 0 radical (unpaired) electrons. The van der Waals surface area contributed by atoms with Gasteiger partial charge in [-0.1, -0.05) is 35.0 Å². The molecule has 1 amide bonds. The molecule has 1 fully saturated rings. The molecule has 0 atom stereocenters. The SMILES string of the molecule is Cc1ccc(-c2nc(Cn3cc(-c4cccc(NCC(=O)N5CCOCC5)c4)nn3)co2)cc1. The van der Waals surface area contributed by atoms with Gasteiger partial charge in [-0.25, -0.2) is 9.67 Å². The Morgan fingerprint density at radius 1 is 1.09 bits per heavy atom. The van der Waals surface area contributed by atoms with Crippen LogP contribution in [0.15, 0.2) is 65.4 Å². The van der Waals surface area contributed by atoms with Crippen molar-refractivity contribution in [3.63, 3.8) is 0 Å². The number of nitrogens with one attached hydrogen (secondary N) is 1. The van der Waals surface area contributed by atoms with Gasteiger partial charge in [0.1, 0.15) is 17.7 Å². The summed E-state index contributed by atoms with van der Waals surface area (Å²) in [6.07, 6.45) is 3.52. The number of carbonyl (C=O) groups excluding carboxylic acids is 1. The molecule has 174 valence electrons. The van der Waals surface area contributed by atoms with E-state index in [9.17, 15) is 4.79 Å². The van der Waals surface area contributed by atoms with Crippen LogP contribution in [0.1, 0.15) is 11.3 Å². The fourth-order valence-electron chi connectivity index (χ4n) is 3.77. The van der Waals surface area contributed by atoms with E-state index in [4.69, 9.17) is 9.15 Å². The smallest absolute Gasteiger partial charge is 0.242 e. The Labute approximate surface area is 197 Å². The number of oxazole rings is 1. The number of amides is 1. The summed E-state index contributed by atoms with van der Waals surface area (Å²) in [7, 11) is 0. The van der Waals surface area contributed by atoms with Gasteiger partial charge in [0.05, 0.1) is 32.5 Å². The van der Waals surface area contributed by atoms with E-state index in [2.05, 4.69) is 20.6 Å². The average molecular weight is 459 g/mol. The fourth-order valence-corrected chi connectivity index (χ4v) is 3.77. The van der Waals surface area contributed by atoms with Crippen LogP contribution in [0.5, 0.6) is 0 Å². The zero-order chi connectivity index (χ0) is 23.3. The van der Waals surface area contributed by atoms with Crippen molar-refractivity contribution in [1.82, 2.24) is 24.9 Å². The molecule has 1 N–H and O–H groups in total. The van der Waals surface area contributed by atoms with Crippen LogP contribution in [0.25, 0.3) is 22.7 Å². The molecule has 0 unspecified atom stereocenters. The number of rotatable bonds is 7. The van der Waals surface area contributed by atoms with Crippen LogP contribution in [-0.4, -0.2) is 63.6 Å². The van der Waals surface area contributed by atoms with E-state index < -0.39 is 0 Å². The molecule has 0 aliphatic carbocycles. The highest BCUT2D eigenvalue weighted by atomic mass is 16.5. The van der Waals surface area contributed by atoms with E-state index in [0.717, 1.165) is 28.2 Å². The topological polar surface area (TPSA) is 98.3 Å². The molecule has 0 bridgehead atoms. The molecular formula is C25H26N6O3. The highest BCUT2D eigenvalue weighted by Gasteiger charge is 2.16. The third kappa shape index (κ3) is 5.15. The Morgan fingerprint density at radius 3 is 2.74 bits per heavy atom. The van der Waals surface area contributed by atoms with Crippen molar-refractivity contribution >= 4 is 11.6 Å². The summed E-state index contributed by atoms with van der Waals surface area (Å²) in [5.41, 5.74) is 5.40. The van der Waals surface area contributed by atoms with Crippen LogP contribution in [0, 0.1) is 6.92 Å². The molecule has 9 nitrogen and oxygen atoms in total. The van der Waals surface area contributed by atoms with Crippen LogP contribution in [-0.2, 0) is 16.1 Å². The normalized spacial score (nSPS) is 13.7. The Kier molecular flexibility index (Phi) is 6.35. The van der Waals surface area contributed by atoms with Gasteiger partial charge < -0.3 is 19.4 Å². The first-order chi connectivity index (χ1) is 16.6. The van der Waals surface area contributed by atoms with Gasteiger partial charge >= 0.3 is 0 Å². The number of aryl methyl sites for hydroxylation is 1. The molecule has 2 aromatic carbocycles. The van der Waals surface area contributed by atoms with Crippen molar-refractivity contribution in [2.45, 2.75) is 13.5 Å². The molecule has 34 heavy (non-hydrogen) atoms.